The van der Waals surface area contributed by atoms with Crippen molar-refractivity contribution >= 4 is 10.2 Å². The van der Waals surface area contributed by atoms with Gasteiger partial charge in [0.1, 0.15) is 0 Å². The Labute approximate surface area is 73.6 Å². The molecule has 0 saturated heterocycles. The Morgan fingerprint density at radius 1 is 1.50 bits per heavy atom. The standard InChI is InChI=1S/C6H16N2O3S/c1-3-4-7-12(10,11)8(2)5-6-9/h7,9H,3-6H2,1-2H3. The van der Waals surface area contributed by atoms with E-state index in [2.05, 4.69) is 4.72 Å². The van der Waals surface area contributed by atoms with E-state index in [0.29, 0.717) is 6.54 Å². The molecule has 0 spiro atoms. The van der Waals surface area contributed by atoms with Crippen LogP contribution in [0.3, 0.4) is 0 Å². The maximum atomic E-state index is 11.2. The number of likely N-dealkylation sites (N-methyl/N-ethyl adjacent to an activating group) is 1. The molecule has 0 radical (unpaired) electrons. The van der Waals surface area contributed by atoms with E-state index in [4.69, 9.17) is 5.11 Å². The Balaban J connectivity index is 4.01. The zero-order chi connectivity index (χ0) is 9.61. The summed E-state index contributed by atoms with van der Waals surface area (Å²) in [7, 11) is -1.94. The highest BCUT2D eigenvalue weighted by Gasteiger charge is 2.14. The van der Waals surface area contributed by atoms with Crippen LogP contribution in [-0.4, -0.2) is 44.6 Å². The second-order valence-electron chi connectivity index (χ2n) is 2.44. The molecule has 6 heteroatoms. The van der Waals surface area contributed by atoms with E-state index in [1.54, 1.807) is 0 Å². The van der Waals surface area contributed by atoms with Crippen LogP contribution in [0.5, 0.6) is 0 Å². The number of aliphatic hydroxyl groups excluding tert-OH is 1. The molecule has 2 N–H and O–H groups in total. The largest absolute Gasteiger partial charge is 0.395 e. The van der Waals surface area contributed by atoms with Gasteiger partial charge in [-0.2, -0.15) is 12.7 Å². The molecule has 0 aromatic heterocycles. The van der Waals surface area contributed by atoms with E-state index < -0.39 is 10.2 Å². The van der Waals surface area contributed by atoms with Gasteiger partial charge < -0.3 is 5.11 Å². The Morgan fingerprint density at radius 3 is 2.50 bits per heavy atom. The molecule has 74 valence electrons. The number of nitrogens with one attached hydrogen (secondary N) is 1. The van der Waals surface area contributed by atoms with E-state index in [1.165, 1.54) is 7.05 Å². The monoisotopic (exact) mass is 196 g/mol. The van der Waals surface area contributed by atoms with Gasteiger partial charge in [-0.3, -0.25) is 0 Å². The van der Waals surface area contributed by atoms with Gasteiger partial charge in [0.05, 0.1) is 6.61 Å². The molecular weight excluding hydrogens is 180 g/mol. The lowest BCUT2D eigenvalue weighted by molar-refractivity contribution is 0.265. The van der Waals surface area contributed by atoms with Crippen LogP contribution in [0.15, 0.2) is 0 Å². The van der Waals surface area contributed by atoms with E-state index >= 15 is 0 Å². The minimum Gasteiger partial charge on any atom is -0.395 e. The molecule has 5 nitrogen and oxygen atoms in total. The summed E-state index contributed by atoms with van der Waals surface area (Å²) in [5.74, 6) is 0. The smallest absolute Gasteiger partial charge is 0.279 e. The quantitative estimate of drug-likeness (QED) is 0.581. The summed E-state index contributed by atoms with van der Waals surface area (Å²) >= 11 is 0. The molecule has 0 aromatic carbocycles. The van der Waals surface area contributed by atoms with Crippen molar-refractivity contribution < 1.29 is 13.5 Å². The minimum atomic E-state index is -3.36. The van der Waals surface area contributed by atoms with Crippen molar-refractivity contribution in [2.24, 2.45) is 0 Å². The summed E-state index contributed by atoms with van der Waals surface area (Å²) in [6.45, 7) is 2.27. The average molecular weight is 196 g/mol. The third kappa shape index (κ3) is 4.01. The molecule has 0 aliphatic carbocycles. The SMILES string of the molecule is CCCNS(=O)(=O)N(C)CCO. The maximum Gasteiger partial charge on any atom is 0.279 e. The third-order valence-corrected chi connectivity index (χ3v) is 2.93. The summed E-state index contributed by atoms with van der Waals surface area (Å²) in [5.41, 5.74) is 0. The highest BCUT2D eigenvalue weighted by molar-refractivity contribution is 7.87. The van der Waals surface area contributed by atoms with E-state index in [0.717, 1.165) is 10.7 Å². The number of rotatable bonds is 6. The maximum absolute atomic E-state index is 11.2. The third-order valence-electron chi connectivity index (χ3n) is 1.36. The van der Waals surface area contributed by atoms with Gasteiger partial charge in [-0.05, 0) is 6.42 Å². The molecule has 0 fully saturated rings. The van der Waals surface area contributed by atoms with Crippen LogP contribution < -0.4 is 4.72 Å². The van der Waals surface area contributed by atoms with Crippen LogP contribution in [0.4, 0.5) is 0 Å². The highest BCUT2D eigenvalue weighted by Crippen LogP contribution is 1.91. The van der Waals surface area contributed by atoms with Gasteiger partial charge in [0.15, 0.2) is 0 Å². The van der Waals surface area contributed by atoms with E-state index in [9.17, 15) is 8.42 Å². The first-order valence-electron chi connectivity index (χ1n) is 3.86. The number of hydrogen-bond donors (Lipinski definition) is 2. The fraction of sp³-hybridized carbons (Fsp3) is 1.00. The Hall–Kier alpha value is -0.170. The van der Waals surface area contributed by atoms with Crippen molar-refractivity contribution in [2.45, 2.75) is 13.3 Å². The van der Waals surface area contributed by atoms with Crippen LogP contribution in [0.25, 0.3) is 0 Å². The predicted molar refractivity (Wildman–Crippen MR) is 46.9 cm³/mol. The van der Waals surface area contributed by atoms with Crippen LogP contribution in [0.1, 0.15) is 13.3 Å². The van der Waals surface area contributed by atoms with Gasteiger partial charge in [-0.15, -0.1) is 0 Å². The van der Waals surface area contributed by atoms with Crippen LogP contribution in [0.2, 0.25) is 0 Å². The van der Waals surface area contributed by atoms with Crippen molar-refractivity contribution in [3.8, 4) is 0 Å². The molecule has 0 bridgehead atoms. The lowest BCUT2D eigenvalue weighted by Gasteiger charge is -2.15. The molecule has 0 saturated carbocycles. The van der Waals surface area contributed by atoms with E-state index in [1.807, 2.05) is 6.92 Å². The molecule has 0 aliphatic heterocycles. The Bertz CT molecular complexity index is 203. The lowest BCUT2D eigenvalue weighted by atomic mass is 10.5. The van der Waals surface area contributed by atoms with Crippen molar-refractivity contribution in [3.63, 3.8) is 0 Å². The number of nitrogens with zero attached hydrogens (tertiary/aromatic N) is 1. The topological polar surface area (TPSA) is 69.6 Å². The summed E-state index contributed by atoms with van der Waals surface area (Å²) in [5, 5.41) is 8.49. The Kier molecular flexibility index (Phi) is 5.39. The van der Waals surface area contributed by atoms with E-state index in [-0.39, 0.29) is 13.2 Å². The van der Waals surface area contributed by atoms with Gasteiger partial charge in [-0.25, -0.2) is 4.72 Å². The zero-order valence-electron chi connectivity index (χ0n) is 7.45. The molecule has 0 unspecified atom stereocenters. The highest BCUT2D eigenvalue weighted by atomic mass is 32.2. The predicted octanol–water partition coefficient (Wildman–Crippen LogP) is -0.845. The van der Waals surface area contributed by atoms with Gasteiger partial charge in [0, 0.05) is 20.1 Å². The number of aliphatic hydroxyl groups is 1. The molecule has 0 aromatic rings. The van der Waals surface area contributed by atoms with Crippen LogP contribution in [-0.2, 0) is 10.2 Å². The zero-order valence-corrected chi connectivity index (χ0v) is 8.26. The summed E-state index contributed by atoms with van der Waals surface area (Å²) in [4.78, 5) is 0. The fourth-order valence-corrected chi connectivity index (χ4v) is 1.61. The molecule has 0 rings (SSSR count). The van der Waals surface area contributed by atoms with Gasteiger partial charge >= 0.3 is 0 Å². The number of hydrogen-bond acceptors (Lipinski definition) is 3. The second-order valence-corrected chi connectivity index (χ2v) is 4.31. The first-order chi connectivity index (χ1) is 5.54. The van der Waals surface area contributed by atoms with Gasteiger partial charge in [0.25, 0.3) is 10.2 Å². The summed E-state index contributed by atoms with van der Waals surface area (Å²) < 4.78 is 25.8. The van der Waals surface area contributed by atoms with Crippen LogP contribution >= 0.6 is 0 Å². The normalized spacial score (nSPS) is 12.3. The van der Waals surface area contributed by atoms with Crippen molar-refractivity contribution in [3.05, 3.63) is 0 Å². The van der Waals surface area contributed by atoms with Crippen LogP contribution in [0, 0.1) is 0 Å². The molecule has 0 atom stereocenters. The second kappa shape index (κ2) is 5.47. The fourth-order valence-electron chi connectivity index (χ4n) is 0.602. The van der Waals surface area contributed by atoms with Gasteiger partial charge in [-0.1, -0.05) is 6.92 Å². The molecule has 0 aliphatic rings. The van der Waals surface area contributed by atoms with Crippen molar-refractivity contribution in [1.82, 2.24) is 9.03 Å². The molecule has 0 heterocycles. The summed E-state index contributed by atoms with van der Waals surface area (Å²) in [6.07, 6.45) is 0.756. The molecule has 12 heavy (non-hydrogen) atoms. The van der Waals surface area contributed by atoms with Gasteiger partial charge in [0.2, 0.25) is 0 Å². The molecular formula is C6H16N2O3S. The van der Waals surface area contributed by atoms with Crippen molar-refractivity contribution in [1.29, 1.82) is 0 Å². The van der Waals surface area contributed by atoms with Crippen molar-refractivity contribution in [2.75, 3.05) is 26.7 Å². The first kappa shape index (κ1) is 11.8. The molecule has 0 amide bonds. The lowest BCUT2D eigenvalue weighted by Crippen LogP contribution is -2.39. The average Bonchev–Trinajstić information content (AvgIpc) is 2.01. The minimum absolute atomic E-state index is 0.124. The first-order valence-corrected chi connectivity index (χ1v) is 5.30. The Morgan fingerprint density at radius 2 is 2.08 bits per heavy atom. The summed E-state index contributed by atoms with van der Waals surface area (Å²) in [6, 6.07) is 0.